The summed E-state index contributed by atoms with van der Waals surface area (Å²) in [7, 11) is 0. The first kappa shape index (κ1) is 32.7. The van der Waals surface area contributed by atoms with Gasteiger partial charge in [0, 0.05) is 20.0 Å². The molecule has 12 nitrogen and oxygen atoms in total. The molecule has 1 amide bonds. The van der Waals surface area contributed by atoms with Crippen molar-refractivity contribution in [3.63, 3.8) is 0 Å². The zero-order valence-corrected chi connectivity index (χ0v) is 23.5. The van der Waals surface area contributed by atoms with E-state index >= 15 is 0 Å². The van der Waals surface area contributed by atoms with Crippen molar-refractivity contribution >= 4 is 5.91 Å². The number of nitrogens with one attached hydrogen (secondary N) is 1. The van der Waals surface area contributed by atoms with E-state index in [9.17, 15) is 4.79 Å². The number of rotatable bonds is 18. The number of benzene rings is 2. The van der Waals surface area contributed by atoms with E-state index < -0.39 is 0 Å². The molecule has 0 aliphatic rings. The van der Waals surface area contributed by atoms with Crippen LogP contribution in [0.5, 0.6) is 5.75 Å². The maximum atomic E-state index is 12.0. The van der Waals surface area contributed by atoms with Gasteiger partial charge in [0.25, 0.3) is 0 Å². The van der Waals surface area contributed by atoms with Gasteiger partial charge < -0.3 is 24.3 Å². The molecule has 0 saturated heterocycles. The number of amides is 1. The highest BCUT2D eigenvalue weighted by Gasteiger charge is 2.05. The predicted octanol–water partition coefficient (Wildman–Crippen LogP) is 3.04. The van der Waals surface area contributed by atoms with Crippen LogP contribution in [0.25, 0.3) is 11.4 Å². The van der Waals surface area contributed by atoms with E-state index in [-0.39, 0.29) is 13.8 Å². The Morgan fingerprint density at radius 1 is 0.775 bits per heavy atom. The molecule has 1 aromatic heterocycles. The molecule has 3 rings (SSSR count). The molecule has 2 aromatic carbocycles. The Bertz CT molecular complexity index is 1070. The van der Waals surface area contributed by atoms with Gasteiger partial charge in [-0.15, -0.1) is 20.4 Å². The quantitative estimate of drug-likeness (QED) is 0.175. The molecule has 0 saturated carbocycles. The van der Waals surface area contributed by atoms with Gasteiger partial charge in [-0.2, -0.15) is 0 Å². The monoisotopic (exact) mass is 558 g/mol. The first-order chi connectivity index (χ1) is 19.6. The lowest BCUT2D eigenvalue weighted by Crippen LogP contribution is -2.24. The van der Waals surface area contributed by atoms with Crippen LogP contribution in [0.1, 0.15) is 38.6 Å². The van der Waals surface area contributed by atoms with E-state index in [1.165, 1.54) is 0 Å². The van der Waals surface area contributed by atoms with E-state index in [2.05, 4.69) is 30.5 Å². The van der Waals surface area contributed by atoms with Gasteiger partial charge in [0.1, 0.15) is 12.4 Å². The van der Waals surface area contributed by atoms with Crippen molar-refractivity contribution in [2.24, 2.45) is 5.90 Å². The third-order valence-corrected chi connectivity index (χ3v) is 5.17. The fourth-order valence-electron chi connectivity index (χ4n) is 3.16. The smallest absolute Gasteiger partial charge is 0.222 e. The van der Waals surface area contributed by atoms with Crippen LogP contribution < -0.4 is 16.0 Å². The molecule has 40 heavy (non-hydrogen) atoms. The third-order valence-electron chi connectivity index (χ3n) is 5.17. The van der Waals surface area contributed by atoms with Crippen molar-refractivity contribution in [3.8, 4) is 17.1 Å². The summed E-state index contributed by atoms with van der Waals surface area (Å²) >= 11 is 0. The van der Waals surface area contributed by atoms with Gasteiger partial charge in [0.05, 0.1) is 46.2 Å². The maximum absolute atomic E-state index is 12.0. The van der Waals surface area contributed by atoms with E-state index in [0.29, 0.717) is 71.0 Å². The van der Waals surface area contributed by atoms with Crippen LogP contribution in [0.4, 0.5) is 0 Å². The molecule has 0 fully saturated rings. The zero-order valence-electron chi connectivity index (χ0n) is 23.5. The molecule has 0 atom stereocenters. The second-order valence-corrected chi connectivity index (χ2v) is 8.14. The summed E-state index contributed by atoms with van der Waals surface area (Å²) in [5.41, 5.74) is 2.75. The van der Waals surface area contributed by atoms with Gasteiger partial charge in [0.2, 0.25) is 11.7 Å². The lowest BCUT2D eigenvalue weighted by atomic mass is 10.1. The topological polar surface area (TPSA) is 153 Å². The molecule has 0 unspecified atom stereocenters. The van der Waals surface area contributed by atoms with Crippen LogP contribution in [0, 0.1) is 6.92 Å². The van der Waals surface area contributed by atoms with Gasteiger partial charge in [-0.05, 0) is 30.2 Å². The summed E-state index contributed by atoms with van der Waals surface area (Å²) in [6, 6.07) is 15.1. The van der Waals surface area contributed by atoms with Crippen LogP contribution in [0.3, 0.4) is 0 Å². The number of carbonyl (C=O) groups is 1. The van der Waals surface area contributed by atoms with E-state index in [1.807, 2.05) is 62.4 Å². The Hall–Kier alpha value is -3.55. The molecule has 3 aromatic rings. The van der Waals surface area contributed by atoms with E-state index in [1.54, 1.807) is 6.92 Å². The second-order valence-electron chi connectivity index (χ2n) is 8.14. The minimum atomic E-state index is -0.0820. The molecule has 3 N–H and O–H groups in total. The number of carbonyl (C=O) groups excluding carboxylic acids is 1. The van der Waals surface area contributed by atoms with Crippen LogP contribution in [-0.4, -0.2) is 72.6 Å². The molecule has 220 valence electrons. The molecule has 0 bridgehead atoms. The molecule has 0 radical (unpaired) electrons. The largest absolute Gasteiger partial charge is 0.491 e. The fourth-order valence-corrected chi connectivity index (χ4v) is 3.16. The predicted molar refractivity (Wildman–Crippen MR) is 151 cm³/mol. The highest BCUT2D eigenvalue weighted by molar-refractivity contribution is 5.76. The Morgan fingerprint density at radius 3 is 1.93 bits per heavy atom. The Kier molecular flexibility index (Phi) is 16.6. The van der Waals surface area contributed by atoms with Crippen molar-refractivity contribution in [1.29, 1.82) is 0 Å². The molecule has 12 heteroatoms. The number of nitrogens with two attached hydrogens (primary N) is 1. The summed E-state index contributed by atoms with van der Waals surface area (Å²) in [4.78, 5) is 16.6. The minimum Gasteiger partial charge on any atom is -0.491 e. The Morgan fingerprint density at radius 2 is 1.32 bits per heavy atom. The number of aryl methyl sites for hydroxylation is 1. The standard InChI is InChI=1S/C26H34N6O6.C2H6.H2/c1-20-29-31-26(32-30-20)23-6-2-21(3-7-23)18-28-25(33)10-11-34-12-13-35-14-15-36-16-17-37-24-8-4-22(5-9-24)19-38-27;1-2;/h2-9H,10-19,27H2,1H3,(H,28,33);1-2H3;1H. The van der Waals surface area contributed by atoms with Gasteiger partial charge in [0.15, 0.2) is 5.82 Å². The van der Waals surface area contributed by atoms with Crippen molar-refractivity contribution in [2.75, 3.05) is 46.2 Å². The molecule has 1 heterocycles. The number of ether oxygens (including phenoxy) is 4. The average molecular weight is 559 g/mol. The molecule has 0 aliphatic carbocycles. The van der Waals surface area contributed by atoms with Crippen LogP contribution >= 0.6 is 0 Å². The summed E-state index contributed by atoms with van der Waals surface area (Å²) in [5, 5.41) is 18.7. The Balaban J connectivity index is 0.00000274. The van der Waals surface area contributed by atoms with Crippen LogP contribution in [0.15, 0.2) is 48.5 Å². The van der Waals surface area contributed by atoms with Crippen molar-refractivity contribution in [3.05, 3.63) is 65.5 Å². The Labute approximate surface area is 237 Å². The van der Waals surface area contributed by atoms with E-state index in [4.69, 9.17) is 24.8 Å². The summed E-state index contributed by atoms with van der Waals surface area (Å²) in [6.45, 7) is 9.52. The average Bonchev–Trinajstić information content (AvgIpc) is 2.99. The summed E-state index contributed by atoms with van der Waals surface area (Å²) in [5.74, 6) is 6.71. The van der Waals surface area contributed by atoms with Gasteiger partial charge in [-0.3, -0.25) is 9.63 Å². The van der Waals surface area contributed by atoms with Crippen molar-refractivity contribution < 1.29 is 30.0 Å². The van der Waals surface area contributed by atoms with Gasteiger partial charge >= 0.3 is 0 Å². The van der Waals surface area contributed by atoms with Gasteiger partial charge in [-0.1, -0.05) is 50.2 Å². The SMILES string of the molecule is CC.Cc1nnc(-c2ccc(CNC(=O)CCOCCOCCOCCOc3ccc(CON)cc3)cc2)nn1.[HH]. The molecular formula is C28H42N6O6. The first-order valence-corrected chi connectivity index (χ1v) is 13.3. The highest BCUT2D eigenvalue weighted by atomic mass is 16.6. The van der Waals surface area contributed by atoms with E-state index in [0.717, 1.165) is 22.4 Å². The minimum absolute atomic E-state index is 0. The fraction of sp³-hybridized carbons (Fsp3) is 0.464. The number of nitrogens with zero attached hydrogens (tertiary/aromatic N) is 4. The number of aromatic nitrogens is 4. The number of hydrogen-bond acceptors (Lipinski definition) is 11. The third kappa shape index (κ3) is 13.5. The zero-order chi connectivity index (χ0) is 28.8. The maximum Gasteiger partial charge on any atom is 0.222 e. The van der Waals surface area contributed by atoms with Crippen LogP contribution in [0.2, 0.25) is 0 Å². The van der Waals surface area contributed by atoms with Gasteiger partial charge in [-0.25, -0.2) is 5.90 Å². The summed E-state index contributed by atoms with van der Waals surface area (Å²) < 4.78 is 22.0. The van der Waals surface area contributed by atoms with Crippen molar-refractivity contribution in [2.45, 2.75) is 40.3 Å². The summed E-state index contributed by atoms with van der Waals surface area (Å²) in [6.07, 6.45) is 0.277. The molecule has 0 spiro atoms. The molecule has 0 aliphatic heterocycles. The normalized spacial score (nSPS) is 10.5. The highest BCUT2D eigenvalue weighted by Crippen LogP contribution is 2.14. The lowest BCUT2D eigenvalue weighted by molar-refractivity contribution is -0.122. The first-order valence-electron chi connectivity index (χ1n) is 13.3. The van der Waals surface area contributed by atoms with Crippen molar-refractivity contribution in [1.82, 2.24) is 25.7 Å². The molecular weight excluding hydrogens is 516 g/mol. The number of hydrogen-bond donors (Lipinski definition) is 2. The van der Waals surface area contributed by atoms with Crippen LogP contribution in [-0.2, 0) is 37.0 Å². The lowest BCUT2D eigenvalue weighted by Gasteiger charge is -2.09. The second kappa shape index (κ2) is 20.4.